The van der Waals surface area contributed by atoms with Crippen LogP contribution in [0.15, 0.2) is 116 Å². The summed E-state index contributed by atoms with van der Waals surface area (Å²) in [5.74, 6) is 0.623. The monoisotopic (exact) mass is 461 g/mol. The molecule has 5 nitrogen and oxygen atoms in total. The first-order valence-electron chi connectivity index (χ1n) is 12.0. The van der Waals surface area contributed by atoms with Crippen molar-refractivity contribution >= 4 is 54.4 Å². The number of rotatable bonds is 2. The summed E-state index contributed by atoms with van der Waals surface area (Å²) in [7, 11) is 0. The summed E-state index contributed by atoms with van der Waals surface area (Å²) in [6, 6.07) is 36.8. The van der Waals surface area contributed by atoms with Crippen LogP contribution in [0.4, 0.5) is 0 Å². The minimum absolute atomic E-state index is 0.623. The molecule has 0 aliphatic carbocycles. The molecular formula is C31H19N5. The third-order valence-corrected chi connectivity index (χ3v) is 7.14. The molecule has 0 unspecified atom stereocenters. The van der Waals surface area contributed by atoms with Gasteiger partial charge in [0.25, 0.3) is 0 Å². The van der Waals surface area contributed by atoms with Crippen molar-refractivity contribution < 1.29 is 0 Å². The van der Waals surface area contributed by atoms with Gasteiger partial charge in [-0.25, -0.2) is 15.0 Å². The summed E-state index contributed by atoms with van der Waals surface area (Å²) in [5.41, 5.74) is 5.74. The molecule has 5 aromatic carbocycles. The van der Waals surface area contributed by atoms with Crippen molar-refractivity contribution in [3.8, 4) is 11.6 Å². The summed E-state index contributed by atoms with van der Waals surface area (Å²) in [6.07, 6.45) is 3.10. The predicted molar refractivity (Wildman–Crippen MR) is 146 cm³/mol. The van der Waals surface area contributed by atoms with Gasteiger partial charge in [0.1, 0.15) is 12.7 Å². The van der Waals surface area contributed by atoms with Crippen molar-refractivity contribution in [1.82, 2.24) is 24.1 Å². The molecule has 0 atom stereocenters. The fourth-order valence-electron chi connectivity index (χ4n) is 5.67. The van der Waals surface area contributed by atoms with Crippen LogP contribution in [0.2, 0.25) is 0 Å². The van der Waals surface area contributed by atoms with E-state index in [1.165, 1.54) is 43.4 Å². The van der Waals surface area contributed by atoms with E-state index in [4.69, 9.17) is 0 Å². The first kappa shape index (κ1) is 19.3. The van der Waals surface area contributed by atoms with Gasteiger partial charge in [-0.3, -0.25) is 4.57 Å². The van der Waals surface area contributed by atoms with E-state index in [1.807, 2.05) is 0 Å². The highest BCUT2D eigenvalue weighted by Gasteiger charge is 2.18. The number of fused-ring (bicyclic) bond motifs is 8. The summed E-state index contributed by atoms with van der Waals surface area (Å²) in [5, 5.41) is 7.31. The molecule has 36 heavy (non-hydrogen) atoms. The van der Waals surface area contributed by atoms with Crippen LogP contribution in [0.25, 0.3) is 66.0 Å². The molecule has 0 fully saturated rings. The van der Waals surface area contributed by atoms with E-state index in [-0.39, 0.29) is 0 Å². The van der Waals surface area contributed by atoms with Crippen LogP contribution >= 0.6 is 0 Å². The van der Waals surface area contributed by atoms with Crippen LogP contribution in [0.1, 0.15) is 0 Å². The van der Waals surface area contributed by atoms with Crippen molar-refractivity contribution in [3.05, 3.63) is 116 Å². The molecule has 0 aliphatic heterocycles. The quantitative estimate of drug-likeness (QED) is 0.273. The first-order valence-corrected chi connectivity index (χ1v) is 12.0. The zero-order valence-electron chi connectivity index (χ0n) is 19.2. The van der Waals surface area contributed by atoms with E-state index in [0.29, 0.717) is 5.95 Å². The Morgan fingerprint density at radius 2 is 1.17 bits per heavy atom. The predicted octanol–water partition coefficient (Wildman–Crippen LogP) is 7.22. The topological polar surface area (TPSA) is 48.5 Å². The van der Waals surface area contributed by atoms with Gasteiger partial charge in [0.2, 0.25) is 5.95 Å². The van der Waals surface area contributed by atoms with E-state index in [1.54, 1.807) is 12.7 Å². The van der Waals surface area contributed by atoms with E-state index >= 15 is 0 Å². The Kier molecular flexibility index (Phi) is 3.88. The zero-order chi connectivity index (χ0) is 23.6. The maximum absolute atomic E-state index is 4.47. The Balaban J connectivity index is 1.56. The SMILES string of the molecule is c1ccc(-n2c3ccccc3c3c4cc5c6ccccc6n(-c6ncncn6)c5cc4ccc32)cc1. The maximum Gasteiger partial charge on any atom is 0.237 e. The highest BCUT2D eigenvalue weighted by atomic mass is 15.2. The summed E-state index contributed by atoms with van der Waals surface area (Å²) in [6.45, 7) is 0. The van der Waals surface area contributed by atoms with Crippen molar-refractivity contribution in [1.29, 1.82) is 0 Å². The Morgan fingerprint density at radius 3 is 1.97 bits per heavy atom. The molecule has 0 saturated carbocycles. The van der Waals surface area contributed by atoms with Gasteiger partial charge >= 0.3 is 0 Å². The second-order valence-corrected chi connectivity index (χ2v) is 9.03. The van der Waals surface area contributed by atoms with E-state index in [9.17, 15) is 0 Å². The lowest BCUT2D eigenvalue weighted by Crippen LogP contribution is -2.00. The number of benzene rings is 5. The number of hydrogen-bond acceptors (Lipinski definition) is 3. The summed E-state index contributed by atoms with van der Waals surface area (Å²) in [4.78, 5) is 13.0. The second-order valence-electron chi connectivity index (χ2n) is 9.03. The van der Waals surface area contributed by atoms with Crippen LogP contribution in [0.5, 0.6) is 0 Å². The molecule has 168 valence electrons. The Bertz CT molecular complexity index is 2050. The van der Waals surface area contributed by atoms with Crippen molar-refractivity contribution in [2.45, 2.75) is 0 Å². The van der Waals surface area contributed by atoms with Gasteiger partial charge in [0.15, 0.2) is 0 Å². The summed E-state index contributed by atoms with van der Waals surface area (Å²) < 4.78 is 4.49. The molecular weight excluding hydrogens is 442 g/mol. The van der Waals surface area contributed by atoms with Crippen LogP contribution < -0.4 is 0 Å². The highest BCUT2D eigenvalue weighted by Crippen LogP contribution is 2.40. The van der Waals surface area contributed by atoms with Crippen molar-refractivity contribution in [3.63, 3.8) is 0 Å². The standard InChI is InChI=1S/C31H19N5/c1-2-8-21(9-3-1)35-27-13-7-5-11-23(27)30-24-17-25-22-10-4-6-12-26(22)36(31-33-18-32-19-34-31)29(25)16-20(24)14-15-28(30)35/h1-19H. The zero-order valence-corrected chi connectivity index (χ0v) is 19.2. The van der Waals surface area contributed by atoms with E-state index in [2.05, 4.69) is 127 Å². The maximum atomic E-state index is 4.47. The van der Waals surface area contributed by atoms with Crippen molar-refractivity contribution in [2.24, 2.45) is 0 Å². The lowest BCUT2D eigenvalue weighted by molar-refractivity contribution is 0.940. The molecule has 8 rings (SSSR count). The van der Waals surface area contributed by atoms with Crippen LogP contribution in [0, 0.1) is 0 Å². The molecule has 3 aromatic heterocycles. The molecule has 8 aromatic rings. The number of nitrogens with zero attached hydrogens (tertiary/aromatic N) is 5. The van der Waals surface area contributed by atoms with Crippen LogP contribution in [0.3, 0.4) is 0 Å². The van der Waals surface area contributed by atoms with E-state index in [0.717, 1.165) is 16.7 Å². The fraction of sp³-hybridized carbons (Fsp3) is 0. The minimum Gasteiger partial charge on any atom is -0.309 e. The normalized spacial score (nSPS) is 11.9. The van der Waals surface area contributed by atoms with Gasteiger partial charge in [-0.1, -0.05) is 60.7 Å². The van der Waals surface area contributed by atoms with E-state index < -0.39 is 0 Å². The lowest BCUT2D eigenvalue weighted by atomic mass is 10.0. The lowest BCUT2D eigenvalue weighted by Gasteiger charge is -2.09. The molecule has 3 heterocycles. The van der Waals surface area contributed by atoms with Gasteiger partial charge < -0.3 is 4.57 Å². The Hall–Kier alpha value is -5.03. The average Bonchev–Trinajstić information content (AvgIpc) is 3.45. The molecule has 0 amide bonds. The van der Waals surface area contributed by atoms with Gasteiger partial charge in [-0.15, -0.1) is 0 Å². The number of hydrogen-bond donors (Lipinski definition) is 0. The summed E-state index contributed by atoms with van der Waals surface area (Å²) >= 11 is 0. The second kappa shape index (κ2) is 7.23. The molecule has 0 N–H and O–H groups in total. The molecule has 0 bridgehead atoms. The largest absolute Gasteiger partial charge is 0.309 e. The van der Waals surface area contributed by atoms with Gasteiger partial charge in [-0.05, 0) is 53.2 Å². The first-order chi connectivity index (χ1) is 17.9. The third-order valence-electron chi connectivity index (χ3n) is 7.14. The van der Waals surface area contributed by atoms with Crippen LogP contribution in [-0.2, 0) is 0 Å². The van der Waals surface area contributed by atoms with Gasteiger partial charge in [0.05, 0.1) is 22.1 Å². The van der Waals surface area contributed by atoms with Gasteiger partial charge in [-0.2, -0.15) is 0 Å². The Labute approximate surface area is 205 Å². The van der Waals surface area contributed by atoms with Gasteiger partial charge in [0, 0.05) is 27.2 Å². The van der Waals surface area contributed by atoms with Crippen LogP contribution in [-0.4, -0.2) is 24.1 Å². The molecule has 0 saturated heterocycles. The highest BCUT2D eigenvalue weighted by molar-refractivity contribution is 6.25. The molecule has 0 spiro atoms. The average molecular weight is 462 g/mol. The van der Waals surface area contributed by atoms with Crippen molar-refractivity contribution in [2.75, 3.05) is 0 Å². The smallest absolute Gasteiger partial charge is 0.237 e. The molecule has 5 heteroatoms. The minimum atomic E-state index is 0.623. The molecule has 0 aliphatic rings. The molecule has 0 radical (unpaired) electrons. The Morgan fingerprint density at radius 1 is 0.472 bits per heavy atom. The third kappa shape index (κ3) is 2.57. The fourth-order valence-corrected chi connectivity index (χ4v) is 5.67. The number of aromatic nitrogens is 5. The number of para-hydroxylation sites is 3.